The summed E-state index contributed by atoms with van der Waals surface area (Å²) in [6.45, 7) is 4.63. The van der Waals surface area contributed by atoms with E-state index in [4.69, 9.17) is 9.84 Å². The Labute approximate surface area is 125 Å². The van der Waals surface area contributed by atoms with Crippen LogP contribution in [0.5, 0.6) is 0 Å². The molecule has 0 saturated heterocycles. The van der Waals surface area contributed by atoms with E-state index in [1.54, 1.807) is 12.1 Å². The first kappa shape index (κ1) is 16.5. The van der Waals surface area contributed by atoms with Gasteiger partial charge in [-0.05, 0) is 48.0 Å². The van der Waals surface area contributed by atoms with Gasteiger partial charge in [-0.25, -0.2) is 9.59 Å². The molecule has 0 fully saturated rings. The molecular weight excluding hydrogens is 328 g/mol. The van der Waals surface area contributed by atoms with Crippen molar-refractivity contribution in [1.29, 1.82) is 0 Å². The highest BCUT2D eigenvalue weighted by Crippen LogP contribution is 2.21. The first-order chi connectivity index (χ1) is 9.40. The number of carboxylic acid groups (broad SMARTS) is 1. The molecule has 6 nitrogen and oxygen atoms in total. The molecule has 0 aliphatic heterocycles. The smallest absolute Gasteiger partial charge is 0.336 e. The van der Waals surface area contributed by atoms with E-state index in [9.17, 15) is 9.59 Å². The van der Waals surface area contributed by atoms with Gasteiger partial charge >= 0.3 is 12.0 Å². The molecule has 0 aliphatic carbocycles. The maximum atomic E-state index is 11.6. The van der Waals surface area contributed by atoms with E-state index in [1.165, 1.54) is 6.07 Å². The van der Waals surface area contributed by atoms with Crippen molar-refractivity contribution in [1.82, 2.24) is 5.32 Å². The number of halogens is 1. The van der Waals surface area contributed by atoms with E-state index >= 15 is 0 Å². The summed E-state index contributed by atoms with van der Waals surface area (Å²) in [4.78, 5) is 22.5. The Morgan fingerprint density at radius 2 is 2.10 bits per heavy atom. The normalized spacial score (nSPS) is 10.4. The SMILES string of the molecule is CC(C)OCCNC(=O)Nc1ccc(Br)c(C(=O)O)c1. The topological polar surface area (TPSA) is 87.7 Å². The van der Waals surface area contributed by atoms with Crippen LogP contribution < -0.4 is 10.6 Å². The number of ether oxygens (including phenoxy) is 1. The molecule has 2 amide bonds. The minimum Gasteiger partial charge on any atom is -0.478 e. The minimum absolute atomic E-state index is 0.0888. The van der Waals surface area contributed by atoms with Crippen molar-refractivity contribution in [3.63, 3.8) is 0 Å². The van der Waals surface area contributed by atoms with Crippen molar-refractivity contribution in [2.75, 3.05) is 18.5 Å². The number of urea groups is 1. The summed E-state index contributed by atoms with van der Waals surface area (Å²) in [6, 6.07) is 4.16. The number of hydrogen-bond donors (Lipinski definition) is 3. The quantitative estimate of drug-likeness (QED) is 0.692. The second-order valence-corrected chi connectivity index (χ2v) is 5.15. The molecule has 0 radical (unpaired) electrons. The molecule has 0 unspecified atom stereocenters. The van der Waals surface area contributed by atoms with Gasteiger partial charge in [0.15, 0.2) is 0 Å². The van der Waals surface area contributed by atoms with Crippen LogP contribution in [0.25, 0.3) is 0 Å². The number of benzene rings is 1. The molecule has 3 N–H and O–H groups in total. The van der Waals surface area contributed by atoms with Crippen molar-refractivity contribution in [3.8, 4) is 0 Å². The van der Waals surface area contributed by atoms with E-state index in [-0.39, 0.29) is 11.7 Å². The second kappa shape index (κ2) is 7.86. The van der Waals surface area contributed by atoms with Crippen LogP contribution in [0.15, 0.2) is 22.7 Å². The van der Waals surface area contributed by atoms with Crippen molar-refractivity contribution < 1.29 is 19.4 Å². The number of nitrogens with one attached hydrogen (secondary N) is 2. The third kappa shape index (κ3) is 5.58. The van der Waals surface area contributed by atoms with E-state index in [0.29, 0.717) is 23.3 Å². The standard InChI is InChI=1S/C13H17BrN2O4/c1-8(2)20-6-5-15-13(19)16-9-3-4-11(14)10(7-9)12(17)18/h3-4,7-8H,5-6H2,1-2H3,(H,17,18)(H2,15,16,19). The van der Waals surface area contributed by atoms with Gasteiger partial charge in [0.2, 0.25) is 0 Å². The van der Waals surface area contributed by atoms with Crippen molar-refractivity contribution in [2.24, 2.45) is 0 Å². The highest BCUT2D eigenvalue weighted by Gasteiger charge is 2.10. The molecule has 7 heteroatoms. The number of amides is 2. The summed E-state index contributed by atoms with van der Waals surface area (Å²) in [5, 5.41) is 14.2. The average molecular weight is 345 g/mol. The van der Waals surface area contributed by atoms with Gasteiger partial charge in [0.25, 0.3) is 0 Å². The molecule has 0 atom stereocenters. The molecule has 1 rings (SSSR count). The number of carboxylic acids is 1. The van der Waals surface area contributed by atoms with Gasteiger partial charge in [0.05, 0.1) is 18.3 Å². The number of aromatic carboxylic acids is 1. The predicted molar refractivity (Wildman–Crippen MR) is 79.2 cm³/mol. The molecule has 1 aromatic carbocycles. The number of rotatable bonds is 6. The summed E-state index contributed by atoms with van der Waals surface area (Å²) in [7, 11) is 0. The fourth-order valence-corrected chi connectivity index (χ4v) is 1.82. The number of carbonyl (C=O) groups is 2. The van der Waals surface area contributed by atoms with Crippen LogP contribution in [0.1, 0.15) is 24.2 Å². The molecule has 0 heterocycles. The zero-order valence-electron chi connectivity index (χ0n) is 11.3. The Kier molecular flexibility index (Phi) is 6.47. The maximum absolute atomic E-state index is 11.6. The lowest BCUT2D eigenvalue weighted by Crippen LogP contribution is -2.32. The van der Waals surface area contributed by atoms with Gasteiger partial charge in [-0.3, -0.25) is 0 Å². The first-order valence-corrected chi connectivity index (χ1v) is 6.88. The van der Waals surface area contributed by atoms with Gasteiger partial charge in [-0.2, -0.15) is 0 Å². The maximum Gasteiger partial charge on any atom is 0.336 e. The first-order valence-electron chi connectivity index (χ1n) is 6.09. The van der Waals surface area contributed by atoms with Crippen LogP contribution in [0.3, 0.4) is 0 Å². The van der Waals surface area contributed by atoms with Crippen LogP contribution in [-0.2, 0) is 4.74 Å². The summed E-state index contributed by atoms with van der Waals surface area (Å²) in [6.07, 6.45) is 0.115. The molecule has 0 aromatic heterocycles. The third-order valence-corrected chi connectivity index (χ3v) is 2.98. The number of hydrogen-bond acceptors (Lipinski definition) is 3. The lowest BCUT2D eigenvalue weighted by molar-refractivity contribution is 0.0696. The van der Waals surface area contributed by atoms with E-state index in [1.807, 2.05) is 13.8 Å². The lowest BCUT2D eigenvalue weighted by Gasteiger charge is -2.10. The Morgan fingerprint density at radius 3 is 2.70 bits per heavy atom. The van der Waals surface area contributed by atoms with Crippen LogP contribution in [0.2, 0.25) is 0 Å². The Bertz CT molecular complexity index is 491. The number of anilines is 1. The molecule has 1 aromatic rings. The summed E-state index contributed by atoms with van der Waals surface area (Å²) in [5.74, 6) is -1.06. The summed E-state index contributed by atoms with van der Waals surface area (Å²) in [5.41, 5.74) is 0.499. The molecule has 0 bridgehead atoms. The Balaban J connectivity index is 2.50. The van der Waals surface area contributed by atoms with Crippen LogP contribution in [-0.4, -0.2) is 36.4 Å². The molecule has 0 saturated carbocycles. The molecule has 0 spiro atoms. The number of carbonyl (C=O) groups excluding carboxylic acids is 1. The molecule has 20 heavy (non-hydrogen) atoms. The van der Waals surface area contributed by atoms with Gasteiger partial charge in [-0.15, -0.1) is 0 Å². The summed E-state index contributed by atoms with van der Waals surface area (Å²) < 4.78 is 5.74. The van der Waals surface area contributed by atoms with Gasteiger partial charge in [0.1, 0.15) is 0 Å². The van der Waals surface area contributed by atoms with Gasteiger partial charge < -0.3 is 20.5 Å². The molecular formula is C13H17BrN2O4. The lowest BCUT2D eigenvalue weighted by atomic mass is 10.2. The van der Waals surface area contributed by atoms with Crippen LogP contribution >= 0.6 is 15.9 Å². The highest BCUT2D eigenvalue weighted by atomic mass is 79.9. The predicted octanol–water partition coefficient (Wildman–Crippen LogP) is 2.69. The molecule has 110 valence electrons. The van der Waals surface area contributed by atoms with E-state index in [0.717, 1.165) is 0 Å². The van der Waals surface area contributed by atoms with E-state index < -0.39 is 12.0 Å². The van der Waals surface area contributed by atoms with E-state index in [2.05, 4.69) is 26.6 Å². The average Bonchev–Trinajstić information content (AvgIpc) is 2.36. The van der Waals surface area contributed by atoms with Crippen LogP contribution in [0, 0.1) is 0 Å². The Hall–Kier alpha value is -1.60. The fourth-order valence-electron chi connectivity index (χ4n) is 1.40. The van der Waals surface area contributed by atoms with Crippen molar-refractivity contribution in [2.45, 2.75) is 20.0 Å². The second-order valence-electron chi connectivity index (χ2n) is 4.30. The molecule has 0 aliphatic rings. The fraction of sp³-hybridized carbons (Fsp3) is 0.385. The highest BCUT2D eigenvalue weighted by molar-refractivity contribution is 9.10. The van der Waals surface area contributed by atoms with Gasteiger partial charge in [0, 0.05) is 16.7 Å². The van der Waals surface area contributed by atoms with Crippen LogP contribution in [0.4, 0.5) is 10.5 Å². The zero-order chi connectivity index (χ0) is 15.1. The van der Waals surface area contributed by atoms with Crippen molar-refractivity contribution in [3.05, 3.63) is 28.2 Å². The summed E-state index contributed by atoms with van der Waals surface area (Å²) >= 11 is 3.14. The third-order valence-electron chi connectivity index (χ3n) is 2.29. The van der Waals surface area contributed by atoms with Gasteiger partial charge in [-0.1, -0.05) is 0 Å². The monoisotopic (exact) mass is 344 g/mol. The largest absolute Gasteiger partial charge is 0.478 e. The van der Waals surface area contributed by atoms with Crippen molar-refractivity contribution >= 4 is 33.6 Å². The zero-order valence-corrected chi connectivity index (χ0v) is 12.9. The minimum atomic E-state index is -1.06. The Morgan fingerprint density at radius 1 is 1.40 bits per heavy atom.